The fraction of sp³-hybridized carbons (Fsp3) is 0.400. The summed E-state index contributed by atoms with van der Waals surface area (Å²) < 4.78 is 11.6. The van der Waals surface area contributed by atoms with E-state index in [2.05, 4.69) is 5.32 Å². The molecule has 142 valence electrons. The summed E-state index contributed by atoms with van der Waals surface area (Å²) in [5.74, 6) is 1.24. The first-order valence-corrected chi connectivity index (χ1v) is 9.49. The number of benzene rings is 2. The van der Waals surface area contributed by atoms with Crippen molar-refractivity contribution in [1.29, 1.82) is 0 Å². The van der Waals surface area contributed by atoms with E-state index in [0.29, 0.717) is 41.3 Å². The van der Waals surface area contributed by atoms with Crippen LogP contribution in [0.4, 0.5) is 0 Å². The second-order valence-electron chi connectivity index (χ2n) is 5.91. The first-order valence-electron chi connectivity index (χ1n) is 8.74. The molecule has 0 saturated heterocycles. The van der Waals surface area contributed by atoms with Gasteiger partial charge in [0.15, 0.2) is 11.5 Å². The fourth-order valence-electron chi connectivity index (χ4n) is 2.47. The molecule has 1 atom stereocenters. The van der Waals surface area contributed by atoms with E-state index >= 15 is 0 Å². The van der Waals surface area contributed by atoms with E-state index in [-0.39, 0.29) is 12.6 Å². The van der Waals surface area contributed by atoms with Crippen LogP contribution in [0.1, 0.15) is 31.4 Å². The molecule has 0 radical (unpaired) electrons. The lowest BCUT2D eigenvalue weighted by Gasteiger charge is -2.17. The number of aliphatic hydroxyl groups excluding tert-OH is 1. The van der Waals surface area contributed by atoms with Crippen molar-refractivity contribution in [2.45, 2.75) is 39.5 Å². The lowest BCUT2D eigenvalue weighted by molar-refractivity contribution is 0.238. The van der Waals surface area contributed by atoms with Gasteiger partial charge in [-0.05, 0) is 42.7 Å². The quantitative estimate of drug-likeness (QED) is 0.602. The molecule has 1 unspecified atom stereocenters. The maximum atomic E-state index is 9.30. The molecule has 4 nitrogen and oxygen atoms in total. The maximum Gasteiger partial charge on any atom is 0.163 e. The van der Waals surface area contributed by atoms with Gasteiger partial charge in [0.25, 0.3) is 0 Å². The Labute approximate surface area is 165 Å². The highest BCUT2D eigenvalue weighted by Crippen LogP contribution is 2.34. The minimum atomic E-state index is 0.0420. The number of halogens is 2. The number of rotatable bonds is 10. The predicted octanol–water partition coefficient (Wildman–Crippen LogP) is 4.83. The Bertz CT molecular complexity index is 705. The molecule has 6 heteroatoms. The third-order valence-electron chi connectivity index (χ3n) is 3.99. The summed E-state index contributed by atoms with van der Waals surface area (Å²) in [7, 11) is 0. The van der Waals surface area contributed by atoms with Crippen molar-refractivity contribution in [3.05, 3.63) is 57.6 Å². The topological polar surface area (TPSA) is 50.7 Å². The molecule has 2 N–H and O–H groups in total. The summed E-state index contributed by atoms with van der Waals surface area (Å²) in [6, 6.07) is 11.2. The standard InChI is InChI=1S/C20H25Cl2NO3/c1-3-17(12-24)23-11-15-9-19(25-4-2)20(10-18(15)22)26-13-14-6-5-7-16(21)8-14/h5-10,17,23-24H,3-4,11-13H2,1-2H3. The molecule has 0 aliphatic heterocycles. The zero-order valence-electron chi connectivity index (χ0n) is 15.1. The van der Waals surface area contributed by atoms with Crippen LogP contribution in [0.25, 0.3) is 0 Å². The molecule has 0 saturated carbocycles. The van der Waals surface area contributed by atoms with Gasteiger partial charge in [0, 0.05) is 28.7 Å². The summed E-state index contributed by atoms with van der Waals surface area (Å²) in [5, 5.41) is 13.9. The average molecular weight is 398 g/mol. The van der Waals surface area contributed by atoms with Crippen molar-refractivity contribution in [3.8, 4) is 11.5 Å². The maximum absolute atomic E-state index is 9.30. The highest BCUT2D eigenvalue weighted by Gasteiger charge is 2.13. The smallest absolute Gasteiger partial charge is 0.163 e. The number of hydrogen-bond donors (Lipinski definition) is 2. The lowest BCUT2D eigenvalue weighted by Crippen LogP contribution is -2.31. The molecular formula is C20H25Cl2NO3. The van der Waals surface area contributed by atoms with Crippen molar-refractivity contribution in [2.75, 3.05) is 13.2 Å². The van der Waals surface area contributed by atoms with Crippen molar-refractivity contribution in [1.82, 2.24) is 5.32 Å². The van der Waals surface area contributed by atoms with E-state index in [4.69, 9.17) is 32.7 Å². The normalized spacial score (nSPS) is 12.0. The van der Waals surface area contributed by atoms with Gasteiger partial charge in [0.05, 0.1) is 13.2 Å². The molecule has 0 aliphatic rings. The van der Waals surface area contributed by atoms with Gasteiger partial charge in [0.2, 0.25) is 0 Å². The van der Waals surface area contributed by atoms with E-state index < -0.39 is 0 Å². The highest BCUT2D eigenvalue weighted by atomic mass is 35.5. The van der Waals surface area contributed by atoms with Gasteiger partial charge in [-0.3, -0.25) is 0 Å². The average Bonchev–Trinajstić information content (AvgIpc) is 2.63. The van der Waals surface area contributed by atoms with Crippen molar-refractivity contribution < 1.29 is 14.6 Å². The molecule has 0 amide bonds. The van der Waals surface area contributed by atoms with Crippen LogP contribution in [0.2, 0.25) is 10.0 Å². The number of hydrogen-bond acceptors (Lipinski definition) is 4. The van der Waals surface area contributed by atoms with E-state index in [0.717, 1.165) is 17.5 Å². The van der Waals surface area contributed by atoms with Gasteiger partial charge in [0.1, 0.15) is 6.61 Å². The first kappa shape index (κ1) is 20.8. The number of nitrogens with one attached hydrogen (secondary N) is 1. The van der Waals surface area contributed by atoms with Crippen LogP contribution in [0.5, 0.6) is 11.5 Å². The highest BCUT2D eigenvalue weighted by molar-refractivity contribution is 6.31. The molecule has 0 fully saturated rings. The van der Waals surface area contributed by atoms with Crippen LogP contribution in [0.15, 0.2) is 36.4 Å². The number of aliphatic hydroxyl groups is 1. The minimum absolute atomic E-state index is 0.0420. The summed E-state index contributed by atoms with van der Waals surface area (Å²) in [6.07, 6.45) is 0.841. The molecule has 0 aromatic heterocycles. The van der Waals surface area contributed by atoms with Crippen LogP contribution in [0, 0.1) is 0 Å². The minimum Gasteiger partial charge on any atom is -0.490 e. The fourth-order valence-corrected chi connectivity index (χ4v) is 2.91. The third kappa shape index (κ3) is 6.06. The predicted molar refractivity (Wildman–Crippen MR) is 106 cm³/mol. The first-order chi connectivity index (χ1) is 12.6. The van der Waals surface area contributed by atoms with Gasteiger partial charge in [-0.1, -0.05) is 42.3 Å². The van der Waals surface area contributed by atoms with E-state index in [1.165, 1.54) is 0 Å². The Balaban J connectivity index is 2.14. The van der Waals surface area contributed by atoms with Gasteiger partial charge in [-0.15, -0.1) is 0 Å². The van der Waals surface area contributed by atoms with Gasteiger partial charge < -0.3 is 19.9 Å². The summed E-state index contributed by atoms with van der Waals surface area (Å²) in [6.45, 7) is 5.48. The monoisotopic (exact) mass is 397 g/mol. The second kappa shape index (κ2) is 10.6. The Kier molecular flexibility index (Phi) is 8.52. The molecule has 0 spiro atoms. The SMILES string of the molecule is CCOc1cc(CNC(CC)CO)c(Cl)cc1OCc1cccc(Cl)c1. The largest absolute Gasteiger partial charge is 0.490 e. The van der Waals surface area contributed by atoms with Crippen LogP contribution in [0.3, 0.4) is 0 Å². The summed E-state index contributed by atoms with van der Waals surface area (Å²) in [5.41, 5.74) is 1.87. The molecule has 26 heavy (non-hydrogen) atoms. The zero-order valence-corrected chi connectivity index (χ0v) is 16.6. The van der Waals surface area contributed by atoms with E-state index in [9.17, 15) is 5.11 Å². The molecule has 0 aliphatic carbocycles. The molecule has 2 aromatic carbocycles. The molecule has 2 aromatic rings. The summed E-state index contributed by atoms with van der Waals surface area (Å²) in [4.78, 5) is 0. The van der Waals surface area contributed by atoms with Gasteiger partial charge in [-0.2, -0.15) is 0 Å². The van der Waals surface area contributed by atoms with Crippen molar-refractivity contribution >= 4 is 23.2 Å². The van der Waals surface area contributed by atoms with Gasteiger partial charge in [-0.25, -0.2) is 0 Å². The van der Waals surface area contributed by atoms with Crippen LogP contribution < -0.4 is 14.8 Å². The third-order valence-corrected chi connectivity index (χ3v) is 4.58. The van der Waals surface area contributed by atoms with Crippen molar-refractivity contribution in [2.24, 2.45) is 0 Å². The Morgan fingerprint density at radius 1 is 1.08 bits per heavy atom. The molecule has 0 heterocycles. The second-order valence-corrected chi connectivity index (χ2v) is 6.75. The molecular weight excluding hydrogens is 373 g/mol. The lowest BCUT2D eigenvalue weighted by atomic mass is 10.1. The van der Waals surface area contributed by atoms with E-state index in [1.54, 1.807) is 6.07 Å². The van der Waals surface area contributed by atoms with Gasteiger partial charge >= 0.3 is 0 Å². The van der Waals surface area contributed by atoms with Crippen LogP contribution in [-0.4, -0.2) is 24.4 Å². The zero-order chi connectivity index (χ0) is 18.9. The van der Waals surface area contributed by atoms with Crippen LogP contribution in [-0.2, 0) is 13.2 Å². The summed E-state index contributed by atoms with van der Waals surface area (Å²) >= 11 is 12.4. The van der Waals surface area contributed by atoms with Crippen molar-refractivity contribution in [3.63, 3.8) is 0 Å². The van der Waals surface area contributed by atoms with E-state index in [1.807, 2.05) is 44.2 Å². The Hall–Kier alpha value is -1.46. The Morgan fingerprint density at radius 2 is 1.85 bits per heavy atom. The molecule has 2 rings (SSSR count). The van der Waals surface area contributed by atoms with Crippen LogP contribution >= 0.6 is 23.2 Å². The molecule has 0 bridgehead atoms. The number of ether oxygens (including phenoxy) is 2. The Morgan fingerprint density at radius 3 is 2.50 bits per heavy atom.